The van der Waals surface area contributed by atoms with Crippen LogP contribution in [0.15, 0.2) is 144 Å². The zero-order valence-electron chi connectivity index (χ0n) is 21.6. The first-order valence-corrected chi connectivity index (χ1v) is 13.7. The highest BCUT2D eigenvalue weighted by atomic mass is 16.3. The quantitative estimate of drug-likeness (QED) is 0.227. The first-order chi connectivity index (χ1) is 19.8. The van der Waals surface area contributed by atoms with Crippen molar-refractivity contribution in [1.82, 2.24) is 4.57 Å². The van der Waals surface area contributed by atoms with Gasteiger partial charge in [-0.05, 0) is 81.2 Å². The Bertz CT molecular complexity index is 2420. The normalized spacial score (nSPS) is 12.0. The van der Waals surface area contributed by atoms with Gasteiger partial charge in [0.05, 0.1) is 11.0 Å². The van der Waals surface area contributed by atoms with Crippen LogP contribution in [0.25, 0.3) is 82.1 Å². The van der Waals surface area contributed by atoms with Crippen molar-refractivity contribution < 1.29 is 4.42 Å². The van der Waals surface area contributed by atoms with E-state index < -0.39 is 0 Å². The molecule has 0 spiro atoms. The molecule has 2 heterocycles. The van der Waals surface area contributed by atoms with Gasteiger partial charge in [-0.15, -0.1) is 0 Å². The number of aromatic nitrogens is 1. The molecule has 0 aliphatic carbocycles. The zero-order valence-corrected chi connectivity index (χ0v) is 21.6. The molecule has 0 aliphatic rings. The van der Waals surface area contributed by atoms with Gasteiger partial charge in [0.15, 0.2) is 0 Å². The molecule has 40 heavy (non-hydrogen) atoms. The van der Waals surface area contributed by atoms with Crippen LogP contribution in [0.3, 0.4) is 0 Å². The van der Waals surface area contributed by atoms with Crippen LogP contribution in [0, 0.1) is 0 Å². The molecule has 0 saturated carbocycles. The van der Waals surface area contributed by atoms with E-state index in [9.17, 15) is 0 Å². The molecule has 0 atom stereocenters. The van der Waals surface area contributed by atoms with Gasteiger partial charge in [-0.2, -0.15) is 0 Å². The van der Waals surface area contributed by atoms with Gasteiger partial charge in [0.25, 0.3) is 0 Å². The van der Waals surface area contributed by atoms with E-state index in [0.717, 1.165) is 16.9 Å². The van der Waals surface area contributed by atoms with E-state index in [-0.39, 0.29) is 0 Å². The molecular weight excluding hydrogens is 486 g/mol. The Balaban J connectivity index is 1.19. The summed E-state index contributed by atoms with van der Waals surface area (Å²) in [6.45, 7) is 0. The summed E-state index contributed by atoms with van der Waals surface area (Å²) in [4.78, 5) is 0. The lowest BCUT2D eigenvalue weighted by Gasteiger charge is -2.10. The van der Waals surface area contributed by atoms with Crippen molar-refractivity contribution in [2.45, 2.75) is 0 Å². The number of hydrogen-bond donors (Lipinski definition) is 0. The Morgan fingerprint density at radius 2 is 1.12 bits per heavy atom. The third-order valence-corrected chi connectivity index (χ3v) is 8.36. The summed E-state index contributed by atoms with van der Waals surface area (Å²) < 4.78 is 8.50. The predicted molar refractivity (Wildman–Crippen MR) is 169 cm³/mol. The third-order valence-electron chi connectivity index (χ3n) is 8.36. The Labute approximate surface area is 230 Å². The number of fused-ring (bicyclic) bond motifs is 9. The molecule has 186 valence electrons. The van der Waals surface area contributed by atoms with Crippen LogP contribution < -0.4 is 0 Å². The van der Waals surface area contributed by atoms with E-state index >= 15 is 0 Å². The molecule has 0 bridgehead atoms. The molecule has 0 fully saturated rings. The number of hydrogen-bond acceptors (Lipinski definition) is 1. The number of rotatable bonds is 2. The van der Waals surface area contributed by atoms with Gasteiger partial charge in [-0.1, -0.05) is 91.0 Å². The van der Waals surface area contributed by atoms with Crippen LogP contribution in [-0.2, 0) is 0 Å². The summed E-state index contributed by atoms with van der Waals surface area (Å²) in [5, 5.41) is 9.88. The van der Waals surface area contributed by atoms with E-state index in [4.69, 9.17) is 4.42 Å². The SMILES string of the molecule is c1ccc2cc3c(cc2c1)c1ccccc1n3-c1ccc(-c2ccc3c(ccc4oc5ccccc5c43)c2)cc1. The number of furan rings is 1. The lowest BCUT2D eigenvalue weighted by atomic mass is 9.98. The van der Waals surface area contributed by atoms with Gasteiger partial charge in [0.1, 0.15) is 11.2 Å². The summed E-state index contributed by atoms with van der Waals surface area (Å²) >= 11 is 0. The maximum atomic E-state index is 6.11. The molecule has 7 aromatic carbocycles. The monoisotopic (exact) mass is 509 g/mol. The van der Waals surface area contributed by atoms with Crippen molar-refractivity contribution in [3.63, 3.8) is 0 Å². The van der Waals surface area contributed by atoms with Gasteiger partial charge in [-0.25, -0.2) is 0 Å². The molecule has 2 heteroatoms. The summed E-state index contributed by atoms with van der Waals surface area (Å²) in [6, 6.07) is 50.2. The fourth-order valence-electron chi connectivity index (χ4n) is 6.47. The Hall–Kier alpha value is -5.34. The molecule has 0 N–H and O–H groups in total. The van der Waals surface area contributed by atoms with Crippen LogP contribution >= 0.6 is 0 Å². The largest absolute Gasteiger partial charge is 0.456 e. The van der Waals surface area contributed by atoms with Crippen molar-refractivity contribution in [2.75, 3.05) is 0 Å². The predicted octanol–water partition coefficient (Wildman–Crippen LogP) is 10.7. The molecule has 2 nitrogen and oxygen atoms in total. The van der Waals surface area contributed by atoms with Gasteiger partial charge in [-0.3, -0.25) is 0 Å². The molecule has 0 unspecified atom stereocenters. The number of nitrogens with zero attached hydrogens (tertiary/aromatic N) is 1. The van der Waals surface area contributed by atoms with Crippen LogP contribution in [0.5, 0.6) is 0 Å². The second-order valence-corrected chi connectivity index (χ2v) is 10.6. The molecular formula is C38H23NO. The van der Waals surface area contributed by atoms with Crippen LogP contribution in [-0.4, -0.2) is 4.57 Å². The fourth-order valence-corrected chi connectivity index (χ4v) is 6.47. The third kappa shape index (κ3) is 3.05. The van der Waals surface area contributed by atoms with Crippen LogP contribution in [0.2, 0.25) is 0 Å². The molecule has 9 rings (SSSR count). The second-order valence-electron chi connectivity index (χ2n) is 10.6. The Morgan fingerprint density at radius 1 is 0.400 bits per heavy atom. The molecule has 9 aromatic rings. The van der Waals surface area contributed by atoms with E-state index in [2.05, 4.69) is 132 Å². The minimum atomic E-state index is 0.933. The topological polar surface area (TPSA) is 18.1 Å². The summed E-state index contributed by atoms with van der Waals surface area (Å²) in [5.74, 6) is 0. The minimum Gasteiger partial charge on any atom is -0.456 e. The highest BCUT2D eigenvalue weighted by Crippen LogP contribution is 2.38. The minimum absolute atomic E-state index is 0.933. The first kappa shape index (κ1) is 21.6. The maximum absolute atomic E-state index is 6.11. The average molecular weight is 510 g/mol. The van der Waals surface area contributed by atoms with Gasteiger partial charge in [0, 0.05) is 27.2 Å². The Morgan fingerprint density at radius 3 is 2.00 bits per heavy atom. The molecule has 0 aliphatic heterocycles. The molecule has 0 amide bonds. The van der Waals surface area contributed by atoms with E-state index in [1.165, 1.54) is 65.3 Å². The highest BCUT2D eigenvalue weighted by Gasteiger charge is 2.14. The average Bonchev–Trinajstić information content (AvgIpc) is 3.55. The maximum Gasteiger partial charge on any atom is 0.136 e. The summed E-state index contributed by atoms with van der Waals surface area (Å²) in [5.41, 5.74) is 7.90. The summed E-state index contributed by atoms with van der Waals surface area (Å²) in [7, 11) is 0. The lowest BCUT2D eigenvalue weighted by Crippen LogP contribution is -1.93. The fraction of sp³-hybridized carbons (Fsp3) is 0. The highest BCUT2D eigenvalue weighted by molar-refractivity contribution is 6.19. The number of benzene rings is 7. The first-order valence-electron chi connectivity index (χ1n) is 13.7. The van der Waals surface area contributed by atoms with Crippen molar-refractivity contribution >= 4 is 65.3 Å². The van der Waals surface area contributed by atoms with Crippen molar-refractivity contribution in [3.05, 3.63) is 140 Å². The van der Waals surface area contributed by atoms with E-state index in [1.807, 2.05) is 12.1 Å². The molecule has 0 radical (unpaired) electrons. The van der Waals surface area contributed by atoms with Crippen LogP contribution in [0.4, 0.5) is 0 Å². The molecule has 0 saturated heterocycles. The van der Waals surface area contributed by atoms with Gasteiger partial charge >= 0.3 is 0 Å². The van der Waals surface area contributed by atoms with Crippen LogP contribution in [0.1, 0.15) is 0 Å². The van der Waals surface area contributed by atoms with Crippen molar-refractivity contribution in [3.8, 4) is 16.8 Å². The number of para-hydroxylation sites is 2. The van der Waals surface area contributed by atoms with E-state index in [1.54, 1.807) is 0 Å². The van der Waals surface area contributed by atoms with E-state index in [0.29, 0.717) is 0 Å². The molecule has 2 aromatic heterocycles. The van der Waals surface area contributed by atoms with Crippen molar-refractivity contribution in [1.29, 1.82) is 0 Å². The van der Waals surface area contributed by atoms with Gasteiger partial charge < -0.3 is 8.98 Å². The standard InChI is InChI=1S/C38H23NO/c1-2-8-26-23-35-33(22-25(26)7-1)31-9-3-5-11-34(31)39(35)29-17-13-24(14-18-29)27-15-19-30-28(21-27)16-20-37-38(30)32-10-4-6-12-36(32)40-37/h1-23H. The summed E-state index contributed by atoms with van der Waals surface area (Å²) in [6.07, 6.45) is 0. The Kier molecular flexibility index (Phi) is 4.36. The van der Waals surface area contributed by atoms with Gasteiger partial charge in [0.2, 0.25) is 0 Å². The zero-order chi connectivity index (χ0) is 26.2. The second kappa shape index (κ2) is 8.08. The van der Waals surface area contributed by atoms with Crippen molar-refractivity contribution in [2.24, 2.45) is 0 Å². The lowest BCUT2D eigenvalue weighted by molar-refractivity contribution is 0.669. The smallest absolute Gasteiger partial charge is 0.136 e.